The average molecular weight is 306 g/mol. The second-order valence-corrected chi connectivity index (χ2v) is 5.05. The molecule has 116 valence electrons. The van der Waals surface area contributed by atoms with Gasteiger partial charge in [-0.15, -0.1) is 0 Å². The summed E-state index contributed by atoms with van der Waals surface area (Å²) in [6.07, 6.45) is 0. The molecule has 0 aliphatic rings. The van der Waals surface area contributed by atoms with Crippen LogP contribution in [0.3, 0.4) is 0 Å². The van der Waals surface area contributed by atoms with Crippen molar-refractivity contribution in [1.29, 1.82) is 5.26 Å². The minimum atomic E-state index is -0.621. The summed E-state index contributed by atoms with van der Waals surface area (Å²) in [5.74, 6) is -0.623. The molecule has 0 unspecified atom stereocenters. The molecule has 0 radical (unpaired) electrons. The zero-order valence-corrected chi connectivity index (χ0v) is 12.5. The molecule has 1 aromatic heterocycles. The lowest BCUT2D eigenvalue weighted by Gasteiger charge is -2.25. The number of hydrogen-bond donors (Lipinski definition) is 1. The molecule has 7 heteroatoms. The molecule has 0 amide bonds. The Morgan fingerprint density at radius 1 is 1.41 bits per heavy atom. The number of rotatable bonds is 5. The van der Waals surface area contributed by atoms with Crippen LogP contribution in [0.1, 0.15) is 23.2 Å². The van der Waals surface area contributed by atoms with E-state index >= 15 is 0 Å². The van der Waals surface area contributed by atoms with E-state index in [1.54, 1.807) is 25.9 Å². The van der Waals surface area contributed by atoms with E-state index in [9.17, 15) is 8.78 Å². The summed E-state index contributed by atoms with van der Waals surface area (Å²) in [5, 5.41) is 11.9. The Morgan fingerprint density at radius 2 is 2.14 bits per heavy atom. The predicted molar refractivity (Wildman–Crippen MR) is 77.2 cm³/mol. The number of nitrogens with one attached hydrogen (secondary N) is 1. The van der Waals surface area contributed by atoms with Crippen LogP contribution >= 0.6 is 0 Å². The maximum atomic E-state index is 14.0. The van der Waals surface area contributed by atoms with Gasteiger partial charge in [0.15, 0.2) is 5.89 Å². The van der Waals surface area contributed by atoms with Crippen LogP contribution in [-0.4, -0.2) is 30.5 Å². The third-order valence-corrected chi connectivity index (χ3v) is 3.24. The summed E-state index contributed by atoms with van der Waals surface area (Å²) in [6.45, 7) is 1.91. The molecule has 0 bridgehead atoms. The zero-order chi connectivity index (χ0) is 16.3. The van der Waals surface area contributed by atoms with Crippen molar-refractivity contribution in [2.45, 2.75) is 13.0 Å². The molecule has 1 N–H and O–H groups in total. The number of aryl methyl sites for hydroxylation is 1. The van der Waals surface area contributed by atoms with Gasteiger partial charge in [-0.1, -0.05) is 6.07 Å². The number of halogens is 2. The van der Waals surface area contributed by atoms with Crippen LogP contribution in [0, 0.1) is 29.9 Å². The molecule has 0 saturated carbocycles. The quantitative estimate of drug-likeness (QED) is 0.920. The Labute approximate surface area is 127 Å². The molecule has 1 aromatic carbocycles. The number of nitriles is 1. The highest BCUT2D eigenvalue weighted by Crippen LogP contribution is 2.24. The highest BCUT2D eigenvalue weighted by Gasteiger charge is 2.20. The van der Waals surface area contributed by atoms with Gasteiger partial charge >= 0.3 is 0 Å². The van der Waals surface area contributed by atoms with Crippen molar-refractivity contribution >= 4 is 5.88 Å². The second kappa shape index (κ2) is 6.54. The number of likely N-dealkylation sites (N-methyl/N-ethyl adjacent to an activating group) is 1. The minimum absolute atomic E-state index is 0.148. The van der Waals surface area contributed by atoms with E-state index in [-0.39, 0.29) is 24.2 Å². The number of aromatic nitrogens is 1. The van der Waals surface area contributed by atoms with Crippen LogP contribution in [0.2, 0.25) is 0 Å². The summed E-state index contributed by atoms with van der Waals surface area (Å²) >= 11 is 0. The fourth-order valence-corrected chi connectivity index (χ4v) is 2.15. The predicted octanol–water partition coefficient (Wildman–Crippen LogP) is 2.85. The highest BCUT2D eigenvalue weighted by atomic mass is 19.1. The molecule has 2 rings (SSSR count). The number of benzene rings is 1. The molecule has 0 fully saturated rings. The number of anilines is 1. The van der Waals surface area contributed by atoms with E-state index in [1.807, 2.05) is 6.07 Å². The van der Waals surface area contributed by atoms with Gasteiger partial charge in [0.2, 0.25) is 11.6 Å². The molecule has 0 aliphatic heterocycles. The highest BCUT2D eigenvalue weighted by molar-refractivity contribution is 5.45. The van der Waals surface area contributed by atoms with Crippen LogP contribution in [0.4, 0.5) is 14.7 Å². The van der Waals surface area contributed by atoms with Crippen LogP contribution in [0.5, 0.6) is 0 Å². The molecule has 0 spiro atoms. The summed E-state index contributed by atoms with van der Waals surface area (Å²) in [7, 11) is 3.57. The maximum absolute atomic E-state index is 14.0. The normalized spacial score (nSPS) is 12.2. The number of oxazole rings is 1. The smallest absolute Gasteiger partial charge is 0.232 e. The Hall–Kier alpha value is -2.46. The van der Waals surface area contributed by atoms with Crippen LogP contribution in [0.15, 0.2) is 22.6 Å². The number of nitrogens with zero attached hydrogens (tertiary/aromatic N) is 3. The van der Waals surface area contributed by atoms with Gasteiger partial charge in [-0.3, -0.25) is 0 Å². The molecule has 1 atom stereocenters. The molecule has 0 aliphatic carbocycles. The second-order valence-electron chi connectivity index (χ2n) is 5.05. The van der Waals surface area contributed by atoms with E-state index in [4.69, 9.17) is 9.68 Å². The molecule has 22 heavy (non-hydrogen) atoms. The van der Waals surface area contributed by atoms with Crippen molar-refractivity contribution in [3.63, 3.8) is 0 Å². The lowest BCUT2D eigenvalue weighted by Crippen LogP contribution is -2.27. The van der Waals surface area contributed by atoms with E-state index in [0.29, 0.717) is 11.5 Å². The van der Waals surface area contributed by atoms with Crippen LogP contribution < -0.4 is 5.32 Å². The largest absolute Gasteiger partial charge is 0.424 e. The van der Waals surface area contributed by atoms with Gasteiger partial charge in [-0.2, -0.15) is 5.26 Å². The summed E-state index contributed by atoms with van der Waals surface area (Å²) in [5.41, 5.74) is 0.503. The lowest BCUT2D eigenvalue weighted by atomic mass is 10.1. The van der Waals surface area contributed by atoms with Gasteiger partial charge in [0.05, 0.1) is 6.04 Å². The average Bonchev–Trinajstić information content (AvgIpc) is 2.81. The lowest BCUT2D eigenvalue weighted by molar-refractivity contribution is 0.302. The molecule has 1 heterocycles. The zero-order valence-electron chi connectivity index (χ0n) is 12.5. The molecular weight excluding hydrogens is 290 g/mol. The van der Waals surface area contributed by atoms with Crippen LogP contribution in [-0.2, 0) is 0 Å². The molecular formula is C15H16F2N4O. The van der Waals surface area contributed by atoms with E-state index in [0.717, 1.165) is 6.07 Å². The Kier molecular flexibility index (Phi) is 4.73. The van der Waals surface area contributed by atoms with Crippen molar-refractivity contribution in [3.05, 3.63) is 47.0 Å². The Balaban J connectivity index is 2.21. The molecule has 5 nitrogen and oxygen atoms in total. The van der Waals surface area contributed by atoms with Crippen molar-refractivity contribution in [3.8, 4) is 6.07 Å². The Morgan fingerprint density at radius 3 is 2.73 bits per heavy atom. The van der Waals surface area contributed by atoms with E-state index in [2.05, 4.69) is 10.3 Å². The summed E-state index contributed by atoms with van der Waals surface area (Å²) < 4.78 is 32.3. The van der Waals surface area contributed by atoms with Crippen LogP contribution in [0.25, 0.3) is 0 Å². The SMILES string of the molecule is Cc1nc(C#N)c(NC[C@H](c2ccc(F)cc2F)N(C)C)o1. The van der Waals surface area contributed by atoms with Crippen molar-refractivity contribution in [2.75, 3.05) is 26.0 Å². The Bertz CT molecular complexity index is 706. The topological polar surface area (TPSA) is 65.1 Å². The third kappa shape index (κ3) is 3.40. The summed E-state index contributed by atoms with van der Waals surface area (Å²) in [4.78, 5) is 5.72. The van der Waals surface area contributed by atoms with E-state index < -0.39 is 11.6 Å². The maximum Gasteiger partial charge on any atom is 0.232 e. The third-order valence-electron chi connectivity index (χ3n) is 3.24. The standard InChI is InChI=1S/C15H16F2N4O/c1-9-20-13(7-18)15(22-9)19-8-14(21(2)3)11-5-4-10(16)6-12(11)17/h4-6,14,19H,8H2,1-3H3/t14-/m1/s1. The minimum Gasteiger partial charge on any atom is -0.424 e. The molecule has 0 saturated heterocycles. The van der Waals surface area contributed by atoms with Gasteiger partial charge < -0.3 is 14.6 Å². The summed E-state index contributed by atoms with van der Waals surface area (Å²) in [6, 6.07) is 5.04. The van der Waals surface area contributed by atoms with Gasteiger partial charge in [-0.25, -0.2) is 13.8 Å². The first-order chi connectivity index (χ1) is 10.4. The van der Waals surface area contributed by atoms with Crippen molar-refractivity contribution in [2.24, 2.45) is 0 Å². The first-order valence-corrected chi connectivity index (χ1v) is 6.65. The number of hydrogen-bond acceptors (Lipinski definition) is 5. The van der Waals surface area contributed by atoms with Gasteiger partial charge in [0.1, 0.15) is 17.7 Å². The fraction of sp³-hybridized carbons (Fsp3) is 0.333. The molecule has 2 aromatic rings. The first-order valence-electron chi connectivity index (χ1n) is 6.65. The van der Waals surface area contributed by atoms with E-state index in [1.165, 1.54) is 12.1 Å². The first kappa shape index (κ1) is 15.9. The monoisotopic (exact) mass is 306 g/mol. The van der Waals surface area contributed by atoms with Crippen molar-refractivity contribution < 1.29 is 13.2 Å². The fourth-order valence-electron chi connectivity index (χ4n) is 2.15. The van der Waals surface area contributed by atoms with Gasteiger partial charge in [-0.05, 0) is 20.2 Å². The van der Waals surface area contributed by atoms with Gasteiger partial charge in [0, 0.05) is 25.1 Å². The van der Waals surface area contributed by atoms with Crippen molar-refractivity contribution in [1.82, 2.24) is 9.88 Å². The van der Waals surface area contributed by atoms with Gasteiger partial charge in [0.25, 0.3) is 0 Å².